The standard InChI is InChI=1S/C25H19N3O4/c29-24(26-13-16-9-10-22-23(11-16)32-15-31-22)25(30)28-27-14-21-19-7-3-1-5-17(19)12-18-6-2-4-8-20(18)21/h1-12,14H,13,15H2,(H,26,29)(H,28,30). The summed E-state index contributed by atoms with van der Waals surface area (Å²) >= 11 is 0. The number of carbonyl (C=O) groups is 2. The number of hydrogen-bond donors (Lipinski definition) is 2. The number of nitrogens with one attached hydrogen (secondary N) is 2. The molecule has 4 aromatic carbocycles. The first kappa shape index (κ1) is 19.6. The molecule has 7 heteroatoms. The minimum Gasteiger partial charge on any atom is -0.454 e. The van der Waals surface area contributed by atoms with Crippen LogP contribution in [0.1, 0.15) is 11.1 Å². The third-order valence-electron chi connectivity index (χ3n) is 5.27. The van der Waals surface area contributed by atoms with E-state index in [0.29, 0.717) is 11.5 Å². The smallest absolute Gasteiger partial charge is 0.329 e. The van der Waals surface area contributed by atoms with Crippen molar-refractivity contribution in [3.8, 4) is 11.5 Å². The molecule has 1 aliphatic rings. The Bertz CT molecular complexity index is 1330. The summed E-state index contributed by atoms with van der Waals surface area (Å²) in [6.07, 6.45) is 1.58. The minimum atomic E-state index is -0.841. The highest BCUT2D eigenvalue weighted by Gasteiger charge is 2.15. The second-order valence-corrected chi connectivity index (χ2v) is 7.30. The van der Waals surface area contributed by atoms with Crippen molar-refractivity contribution in [1.29, 1.82) is 0 Å². The first-order chi connectivity index (χ1) is 15.7. The maximum Gasteiger partial charge on any atom is 0.329 e. The maximum atomic E-state index is 12.2. The second-order valence-electron chi connectivity index (χ2n) is 7.30. The van der Waals surface area contributed by atoms with Crippen molar-refractivity contribution in [2.75, 3.05) is 6.79 Å². The molecule has 32 heavy (non-hydrogen) atoms. The van der Waals surface area contributed by atoms with Gasteiger partial charge < -0.3 is 14.8 Å². The van der Waals surface area contributed by atoms with Gasteiger partial charge in [0, 0.05) is 12.1 Å². The minimum absolute atomic E-state index is 0.178. The van der Waals surface area contributed by atoms with E-state index in [1.807, 2.05) is 48.5 Å². The van der Waals surface area contributed by atoms with E-state index in [2.05, 4.69) is 21.9 Å². The average Bonchev–Trinajstić information content (AvgIpc) is 3.30. The summed E-state index contributed by atoms with van der Waals surface area (Å²) in [7, 11) is 0. The SMILES string of the molecule is O=C(NCc1ccc2c(c1)OCO2)C(=O)NN=Cc1c2ccccc2cc2ccccc12. The molecule has 0 spiro atoms. The normalized spacial score (nSPS) is 12.4. The van der Waals surface area contributed by atoms with Crippen molar-refractivity contribution in [2.45, 2.75) is 6.54 Å². The van der Waals surface area contributed by atoms with E-state index in [9.17, 15) is 9.59 Å². The number of hydrazone groups is 1. The lowest BCUT2D eigenvalue weighted by Crippen LogP contribution is -2.37. The van der Waals surface area contributed by atoms with Gasteiger partial charge in [0.25, 0.3) is 0 Å². The number of fused-ring (bicyclic) bond motifs is 3. The summed E-state index contributed by atoms with van der Waals surface area (Å²) < 4.78 is 10.6. The van der Waals surface area contributed by atoms with Crippen LogP contribution in [0.3, 0.4) is 0 Å². The van der Waals surface area contributed by atoms with Gasteiger partial charge >= 0.3 is 11.8 Å². The highest BCUT2D eigenvalue weighted by molar-refractivity contribution is 6.35. The van der Waals surface area contributed by atoms with Crippen LogP contribution in [-0.2, 0) is 16.1 Å². The molecule has 1 aliphatic heterocycles. The molecule has 0 saturated heterocycles. The molecule has 4 aromatic rings. The van der Waals surface area contributed by atoms with Crippen LogP contribution in [0.5, 0.6) is 11.5 Å². The molecule has 0 aliphatic carbocycles. The van der Waals surface area contributed by atoms with E-state index in [-0.39, 0.29) is 13.3 Å². The predicted molar refractivity (Wildman–Crippen MR) is 122 cm³/mol. The fraction of sp³-hybridized carbons (Fsp3) is 0.0800. The number of rotatable bonds is 4. The van der Waals surface area contributed by atoms with E-state index >= 15 is 0 Å². The molecule has 0 atom stereocenters. The molecule has 2 amide bonds. The molecule has 0 bridgehead atoms. The molecule has 2 N–H and O–H groups in total. The Kier molecular flexibility index (Phi) is 5.13. The topological polar surface area (TPSA) is 89.0 Å². The van der Waals surface area contributed by atoms with E-state index in [4.69, 9.17) is 9.47 Å². The van der Waals surface area contributed by atoms with Crippen LogP contribution in [0.15, 0.2) is 77.9 Å². The van der Waals surface area contributed by atoms with Crippen molar-refractivity contribution in [1.82, 2.24) is 10.7 Å². The molecule has 0 fully saturated rings. The van der Waals surface area contributed by atoms with Gasteiger partial charge in [-0.2, -0.15) is 5.10 Å². The van der Waals surface area contributed by atoms with Crippen molar-refractivity contribution in [2.24, 2.45) is 5.10 Å². The Morgan fingerprint density at radius 3 is 2.28 bits per heavy atom. The van der Waals surface area contributed by atoms with Crippen LogP contribution < -0.4 is 20.2 Å². The number of hydrogen-bond acceptors (Lipinski definition) is 5. The first-order valence-electron chi connectivity index (χ1n) is 10.1. The first-order valence-corrected chi connectivity index (χ1v) is 10.1. The number of nitrogens with zero attached hydrogens (tertiary/aromatic N) is 1. The van der Waals surface area contributed by atoms with Crippen molar-refractivity contribution >= 4 is 39.6 Å². The van der Waals surface area contributed by atoms with Gasteiger partial charge in [0.2, 0.25) is 6.79 Å². The molecule has 0 saturated carbocycles. The van der Waals surface area contributed by atoms with Gasteiger partial charge in [0.05, 0.1) is 6.21 Å². The summed E-state index contributed by atoms with van der Waals surface area (Å²) in [4.78, 5) is 24.4. The molecule has 1 heterocycles. The highest BCUT2D eigenvalue weighted by atomic mass is 16.7. The summed E-state index contributed by atoms with van der Waals surface area (Å²) in [5.74, 6) is -0.338. The molecular weight excluding hydrogens is 406 g/mol. The number of carbonyl (C=O) groups excluding carboxylic acids is 2. The zero-order valence-electron chi connectivity index (χ0n) is 17.0. The fourth-order valence-corrected chi connectivity index (χ4v) is 3.71. The molecule has 0 unspecified atom stereocenters. The lowest BCUT2D eigenvalue weighted by molar-refractivity contribution is -0.139. The van der Waals surface area contributed by atoms with E-state index < -0.39 is 11.8 Å². The summed E-state index contributed by atoms with van der Waals surface area (Å²) in [5, 5.41) is 10.8. The van der Waals surface area contributed by atoms with Crippen LogP contribution >= 0.6 is 0 Å². The van der Waals surface area contributed by atoms with Gasteiger partial charge in [-0.25, -0.2) is 5.43 Å². The zero-order chi connectivity index (χ0) is 21.9. The van der Waals surface area contributed by atoms with E-state index in [1.54, 1.807) is 24.4 Å². The Balaban J connectivity index is 1.28. The van der Waals surface area contributed by atoms with Crippen molar-refractivity contribution in [3.63, 3.8) is 0 Å². The summed E-state index contributed by atoms with van der Waals surface area (Å²) in [5.41, 5.74) is 3.98. The molecule has 158 valence electrons. The van der Waals surface area contributed by atoms with Crippen LogP contribution in [-0.4, -0.2) is 24.8 Å². The number of amides is 2. The Hall–Kier alpha value is -4.39. The van der Waals surface area contributed by atoms with E-state index in [1.165, 1.54) is 0 Å². The zero-order valence-corrected chi connectivity index (χ0v) is 17.0. The quantitative estimate of drug-likeness (QED) is 0.227. The fourth-order valence-electron chi connectivity index (χ4n) is 3.71. The van der Waals surface area contributed by atoms with Gasteiger partial charge in [0.15, 0.2) is 11.5 Å². The Labute approximate surface area is 183 Å². The van der Waals surface area contributed by atoms with Crippen LogP contribution in [0.4, 0.5) is 0 Å². The van der Waals surface area contributed by atoms with E-state index in [0.717, 1.165) is 32.7 Å². The Morgan fingerprint density at radius 2 is 1.53 bits per heavy atom. The largest absolute Gasteiger partial charge is 0.454 e. The molecule has 5 rings (SSSR count). The van der Waals surface area contributed by atoms with Gasteiger partial charge in [-0.1, -0.05) is 54.6 Å². The van der Waals surface area contributed by atoms with Gasteiger partial charge in [0.1, 0.15) is 0 Å². The molecular formula is C25H19N3O4. The lowest BCUT2D eigenvalue weighted by Gasteiger charge is -2.08. The van der Waals surface area contributed by atoms with Gasteiger partial charge in [-0.15, -0.1) is 0 Å². The number of benzene rings is 4. The maximum absolute atomic E-state index is 12.2. The molecule has 0 radical (unpaired) electrons. The van der Waals surface area contributed by atoms with Crippen LogP contribution in [0.2, 0.25) is 0 Å². The monoisotopic (exact) mass is 425 g/mol. The highest BCUT2D eigenvalue weighted by Crippen LogP contribution is 2.32. The van der Waals surface area contributed by atoms with Gasteiger partial charge in [-0.3, -0.25) is 9.59 Å². The summed E-state index contributed by atoms with van der Waals surface area (Å²) in [6, 6.07) is 23.4. The summed E-state index contributed by atoms with van der Waals surface area (Å²) in [6.45, 7) is 0.359. The van der Waals surface area contributed by atoms with Crippen molar-refractivity contribution < 1.29 is 19.1 Å². The number of ether oxygens (including phenoxy) is 2. The third-order valence-corrected chi connectivity index (χ3v) is 5.27. The third kappa shape index (κ3) is 3.83. The molecule has 7 nitrogen and oxygen atoms in total. The lowest BCUT2D eigenvalue weighted by atomic mass is 9.97. The van der Waals surface area contributed by atoms with Crippen molar-refractivity contribution in [3.05, 3.63) is 83.9 Å². The van der Waals surface area contributed by atoms with Crippen LogP contribution in [0.25, 0.3) is 21.5 Å². The molecule has 0 aromatic heterocycles. The van der Waals surface area contributed by atoms with Crippen LogP contribution in [0, 0.1) is 0 Å². The van der Waals surface area contributed by atoms with Gasteiger partial charge in [-0.05, 0) is 45.3 Å². The average molecular weight is 425 g/mol. The predicted octanol–water partition coefficient (Wildman–Crippen LogP) is 3.49. The Morgan fingerprint density at radius 1 is 0.844 bits per heavy atom. The second kappa shape index (κ2) is 8.39.